The molecule has 1 aliphatic carbocycles. The Kier molecular flexibility index (Phi) is 3.48. The summed E-state index contributed by atoms with van der Waals surface area (Å²) < 4.78 is 5.81. The Bertz CT molecular complexity index is 338. The average Bonchev–Trinajstić information content (AvgIpc) is 3.08. The topological polar surface area (TPSA) is 9.23 Å². The van der Waals surface area contributed by atoms with Crippen molar-refractivity contribution < 1.29 is 4.74 Å². The lowest BCUT2D eigenvalue weighted by Crippen LogP contribution is -2.14. The molecule has 0 radical (unpaired) electrons. The minimum Gasteiger partial charge on any atom is -0.493 e. The van der Waals surface area contributed by atoms with E-state index in [-0.39, 0.29) is 0 Å². The normalized spacial score (nSPS) is 17.5. The molecule has 0 aliphatic heterocycles. The Hall–Kier alpha value is -0.630. The van der Waals surface area contributed by atoms with Crippen molar-refractivity contribution in [3.05, 3.63) is 29.8 Å². The molecule has 1 aromatic carbocycles. The van der Waals surface area contributed by atoms with Gasteiger partial charge in [-0.3, -0.25) is 0 Å². The van der Waals surface area contributed by atoms with Crippen molar-refractivity contribution in [3.8, 4) is 5.75 Å². The third-order valence-electron chi connectivity index (χ3n) is 3.38. The quantitative estimate of drug-likeness (QED) is 0.763. The van der Waals surface area contributed by atoms with E-state index in [9.17, 15) is 0 Å². The largest absolute Gasteiger partial charge is 0.493 e. The molecular formula is C14H20OS. The molecule has 16 heavy (non-hydrogen) atoms. The molecule has 0 spiro atoms. The zero-order chi connectivity index (χ0) is 11.6. The molecule has 1 aromatic rings. The van der Waals surface area contributed by atoms with Crippen molar-refractivity contribution in [2.24, 2.45) is 5.41 Å². The van der Waals surface area contributed by atoms with Crippen LogP contribution in [0.15, 0.2) is 24.3 Å². The van der Waals surface area contributed by atoms with Crippen LogP contribution in [0.3, 0.4) is 0 Å². The summed E-state index contributed by atoms with van der Waals surface area (Å²) in [4.78, 5) is 0. The fraction of sp³-hybridized carbons (Fsp3) is 0.571. The highest BCUT2D eigenvalue weighted by Crippen LogP contribution is 2.46. The maximum absolute atomic E-state index is 5.81. The summed E-state index contributed by atoms with van der Waals surface area (Å²) in [6.07, 6.45) is 2.53. The van der Waals surface area contributed by atoms with Crippen molar-refractivity contribution in [2.75, 3.05) is 12.4 Å². The van der Waals surface area contributed by atoms with Gasteiger partial charge in [0.15, 0.2) is 0 Å². The summed E-state index contributed by atoms with van der Waals surface area (Å²) in [6, 6.07) is 8.45. The Morgan fingerprint density at radius 3 is 2.31 bits per heavy atom. The highest BCUT2D eigenvalue weighted by Gasteiger charge is 2.42. The van der Waals surface area contributed by atoms with Crippen LogP contribution in [0.4, 0.5) is 0 Å². The molecule has 1 fully saturated rings. The Morgan fingerprint density at radius 1 is 1.25 bits per heavy atom. The molecule has 0 aromatic heterocycles. The molecule has 0 saturated heterocycles. The SMILES string of the molecule is CC(C)c1ccc(OCC2(CS)CC2)cc1. The summed E-state index contributed by atoms with van der Waals surface area (Å²) in [6.45, 7) is 5.23. The molecule has 0 N–H and O–H groups in total. The number of hydrogen-bond donors (Lipinski definition) is 1. The van der Waals surface area contributed by atoms with Crippen LogP contribution in [0, 0.1) is 5.41 Å². The number of ether oxygens (including phenoxy) is 1. The predicted octanol–water partition coefficient (Wildman–Crippen LogP) is 3.90. The monoisotopic (exact) mass is 236 g/mol. The molecule has 2 heteroatoms. The number of hydrogen-bond acceptors (Lipinski definition) is 2. The lowest BCUT2D eigenvalue weighted by atomic mass is 10.0. The first-order valence-electron chi connectivity index (χ1n) is 5.99. The Morgan fingerprint density at radius 2 is 1.88 bits per heavy atom. The van der Waals surface area contributed by atoms with Crippen LogP contribution in [-0.2, 0) is 0 Å². The maximum Gasteiger partial charge on any atom is 0.119 e. The van der Waals surface area contributed by atoms with E-state index in [0.717, 1.165) is 18.1 Å². The van der Waals surface area contributed by atoms with Crippen molar-refractivity contribution in [3.63, 3.8) is 0 Å². The summed E-state index contributed by atoms with van der Waals surface area (Å²) in [5, 5.41) is 0. The zero-order valence-corrected chi connectivity index (χ0v) is 11.0. The average molecular weight is 236 g/mol. The molecular weight excluding hydrogens is 216 g/mol. The van der Waals surface area contributed by atoms with Gasteiger partial charge in [-0.15, -0.1) is 0 Å². The van der Waals surface area contributed by atoms with Crippen molar-refractivity contribution in [1.82, 2.24) is 0 Å². The first-order chi connectivity index (χ1) is 7.65. The summed E-state index contributed by atoms with van der Waals surface area (Å²) in [7, 11) is 0. The number of rotatable bonds is 5. The van der Waals surface area contributed by atoms with Gasteiger partial charge in [0.25, 0.3) is 0 Å². The van der Waals surface area contributed by atoms with Gasteiger partial charge in [0.05, 0.1) is 6.61 Å². The highest BCUT2D eigenvalue weighted by atomic mass is 32.1. The van der Waals surface area contributed by atoms with E-state index in [4.69, 9.17) is 4.74 Å². The fourth-order valence-corrected chi connectivity index (χ4v) is 2.12. The van der Waals surface area contributed by atoms with Crippen LogP contribution in [0.5, 0.6) is 5.75 Å². The molecule has 1 aliphatic rings. The van der Waals surface area contributed by atoms with E-state index in [1.165, 1.54) is 18.4 Å². The highest BCUT2D eigenvalue weighted by molar-refractivity contribution is 7.80. The van der Waals surface area contributed by atoms with Gasteiger partial charge in [-0.2, -0.15) is 12.6 Å². The summed E-state index contributed by atoms with van der Waals surface area (Å²) >= 11 is 4.37. The van der Waals surface area contributed by atoms with E-state index >= 15 is 0 Å². The van der Waals surface area contributed by atoms with Gasteiger partial charge >= 0.3 is 0 Å². The van der Waals surface area contributed by atoms with Crippen LogP contribution >= 0.6 is 12.6 Å². The van der Waals surface area contributed by atoms with Gasteiger partial charge in [0, 0.05) is 5.41 Å². The van der Waals surface area contributed by atoms with E-state index < -0.39 is 0 Å². The molecule has 2 rings (SSSR count). The molecule has 0 bridgehead atoms. The standard InChI is InChI=1S/C14H20OS/c1-11(2)12-3-5-13(6-4-12)15-9-14(10-16)7-8-14/h3-6,11,16H,7-10H2,1-2H3. The van der Waals surface area contributed by atoms with E-state index in [2.05, 4.69) is 50.7 Å². The van der Waals surface area contributed by atoms with Gasteiger partial charge in [-0.1, -0.05) is 26.0 Å². The van der Waals surface area contributed by atoms with Crippen LogP contribution in [-0.4, -0.2) is 12.4 Å². The second-order valence-corrected chi connectivity index (χ2v) is 5.49. The van der Waals surface area contributed by atoms with Crippen molar-refractivity contribution in [2.45, 2.75) is 32.6 Å². The lowest BCUT2D eigenvalue weighted by molar-refractivity contribution is 0.250. The fourth-order valence-electron chi connectivity index (χ4n) is 1.71. The van der Waals surface area contributed by atoms with Crippen LogP contribution in [0.1, 0.15) is 38.2 Å². The summed E-state index contributed by atoms with van der Waals surface area (Å²) in [5.74, 6) is 2.51. The smallest absolute Gasteiger partial charge is 0.119 e. The molecule has 1 nitrogen and oxygen atoms in total. The second-order valence-electron chi connectivity index (χ2n) is 5.17. The third-order valence-corrected chi connectivity index (χ3v) is 4.06. The van der Waals surface area contributed by atoms with Gasteiger partial charge < -0.3 is 4.74 Å². The van der Waals surface area contributed by atoms with Crippen molar-refractivity contribution in [1.29, 1.82) is 0 Å². The van der Waals surface area contributed by atoms with Gasteiger partial charge in [-0.25, -0.2) is 0 Å². The molecule has 0 heterocycles. The zero-order valence-electron chi connectivity index (χ0n) is 10.1. The Labute approximate surface area is 104 Å². The summed E-state index contributed by atoms with van der Waals surface area (Å²) in [5.41, 5.74) is 1.74. The number of benzene rings is 1. The lowest BCUT2D eigenvalue weighted by Gasteiger charge is -2.14. The molecule has 0 unspecified atom stereocenters. The molecule has 0 amide bonds. The first kappa shape index (κ1) is 11.8. The maximum atomic E-state index is 5.81. The minimum absolute atomic E-state index is 0.375. The van der Waals surface area contributed by atoms with Crippen LogP contribution < -0.4 is 4.74 Å². The van der Waals surface area contributed by atoms with Gasteiger partial charge in [-0.05, 0) is 42.2 Å². The molecule has 1 saturated carbocycles. The van der Waals surface area contributed by atoms with E-state index in [1.54, 1.807) is 0 Å². The number of thiol groups is 1. The minimum atomic E-state index is 0.375. The first-order valence-corrected chi connectivity index (χ1v) is 6.62. The van der Waals surface area contributed by atoms with Crippen LogP contribution in [0.25, 0.3) is 0 Å². The molecule has 88 valence electrons. The van der Waals surface area contributed by atoms with Gasteiger partial charge in [0.1, 0.15) is 5.75 Å². The van der Waals surface area contributed by atoms with Crippen LogP contribution in [0.2, 0.25) is 0 Å². The third kappa shape index (κ3) is 2.73. The van der Waals surface area contributed by atoms with E-state index in [1.807, 2.05) is 0 Å². The second kappa shape index (κ2) is 4.70. The Balaban J connectivity index is 1.90. The predicted molar refractivity (Wildman–Crippen MR) is 71.5 cm³/mol. The van der Waals surface area contributed by atoms with E-state index in [0.29, 0.717) is 11.3 Å². The molecule has 0 atom stereocenters. The van der Waals surface area contributed by atoms with Gasteiger partial charge in [0.2, 0.25) is 0 Å². The van der Waals surface area contributed by atoms with Crippen molar-refractivity contribution >= 4 is 12.6 Å².